The van der Waals surface area contributed by atoms with E-state index in [2.05, 4.69) is 58.8 Å². The molecule has 0 aliphatic carbocycles. The molecule has 0 atom stereocenters. The summed E-state index contributed by atoms with van der Waals surface area (Å²) in [5.41, 5.74) is 0.456. The molecule has 0 aliphatic rings. The lowest BCUT2D eigenvalue weighted by atomic mass is 10.1. The van der Waals surface area contributed by atoms with Crippen molar-refractivity contribution < 1.29 is 0 Å². The van der Waals surface area contributed by atoms with Gasteiger partial charge in [0.2, 0.25) is 0 Å². The number of nitrogens with zero attached hydrogens (tertiary/aromatic N) is 1. The second-order valence-electron chi connectivity index (χ2n) is 5.45. The fourth-order valence-electron chi connectivity index (χ4n) is 0.593. The van der Waals surface area contributed by atoms with E-state index in [1.807, 2.05) is 0 Å². The van der Waals surface area contributed by atoms with Crippen LogP contribution in [0.4, 0.5) is 0 Å². The molecular formula is C10H24N2. The van der Waals surface area contributed by atoms with Gasteiger partial charge in [-0.15, -0.1) is 0 Å². The average molecular weight is 172 g/mol. The highest BCUT2D eigenvalue weighted by Gasteiger charge is 2.18. The zero-order valence-corrected chi connectivity index (χ0v) is 9.65. The Morgan fingerprint density at radius 1 is 1.00 bits per heavy atom. The van der Waals surface area contributed by atoms with Crippen LogP contribution in [0.5, 0.6) is 0 Å². The van der Waals surface area contributed by atoms with Crippen LogP contribution in [-0.2, 0) is 0 Å². The standard InChI is InChI=1S/C10H24N2/c1-9(2,3)11-8-12(7)10(4,5)6/h11H,8H2,1-7H3. The minimum absolute atomic E-state index is 0.208. The largest absolute Gasteiger partial charge is 0.300 e. The van der Waals surface area contributed by atoms with E-state index in [1.54, 1.807) is 0 Å². The van der Waals surface area contributed by atoms with Gasteiger partial charge in [0.1, 0.15) is 0 Å². The van der Waals surface area contributed by atoms with Crippen molar-refractivity contribution in [3.63, 3.8) is 0 Å². The Morgan fingerprint density at radius 2 is 1.42 bits per heavy atom. The minimum atomic E-state index is 0.208. The molecule has 1 N–H and O–H groups in total. The van der Waals surface area contributed by atoms with Crippen LogP contribution in [0.1, 0.15) is 41.5 Å². The van der Waals surface area contributed by atoms with Crippen LogP contribution in [0.25, 0.3) is 0 Å². The van der Waals surface area contributed by atoms with Crippen molar-refractivity contribution >= 4 is 0 Å². The third-order valence-electron chi connectivity index (χ3n) is 1.99. The molecule has 0 radical (unpaired) electrons. The first-order valence-electron chi connectivity index (χ1n) is 4.59. The predicted octanol–water partition coefficient (Wildman–Crippen LogP) is 2.06. The summed E-state index contributed by atoms with van der Waals surface area (Å²) in [5.74, 6) is 0. The van der Waals surface area contributed by atoms with Crippen LogP contribution in [0, 0.1) is 0 Å². The van der Waals surface area contributed by atoms with E-state index in [1.165, 1.54) is 0 Å². The van der Waals surface area contributed by atoms with E-state index in [9.17, 15) is 0 Å². The summed E-state index contributed by atoms with van der Waals surface area (Å²) in [4.78, 5) is 2.30. The maximum absolute atomic E-state index is 3.45. The molecule has 0 aromatic carbocycles. The molecule has 0 aliphatic heterocycles. The SMILES string of the molecule is CN(CNC(C)(C)C)C(C)(C)C. The van der Waals surface area contributed by atoms with Crippen LogP contribution in [0.2, 0.25) is 0 Å². The second kappa shape index (κ2) is 3.75. The lowest BCUT2D eigenvalue weighted by Gasteiger charge is -2.34. The fraction of sp³-hybridized carbons (Fsp3) is 1.00. The summed E-state index contributed by atoms with van der Waals surface area (Å²) in [6, 6.07) is 0. The number of rotatable bonds is 2. The van der Waals surface area contributed by atoms with Crippen LogP contribution in [0.15, 0.2) is 0 Å². The zero-order chi connectivity index (χ0) is 9.99. The Labute approximate surface area is 77.3 Å². The Hall–Kier alpha value is -0.0800. The van der Waals surface area contributed by atoms with Crippen molar-refractivity contribution in [3.05, 3.63) is 0 Å². The summed E-state index contributed by atoms with van der Waals surface area (Å²) in [6.07, 6.45) is 0. The van der Waals surface area contributed by atoms with E-state index in [0.717, 1.165) is 6.67 Å². The summed E-state index contributed by atoms with van der Waals surface area (Å²) in [6.45, 7) is 14.1. The monoisotopic (exact) mass is 172 g/mol. The van der Waals surface area contributed by atoms with Gasteiger partial charge in [0.15, 0.2) is 0 Å². The maximum Gasteiger partial charge on any atom is 0.0486 e. The molecule has 0 unspecified atom stereocenters. The van der Waals surface area contributed by atoms with E-state index in [4.69, 9.17) is 0 Å². The molecule has 12 heavy (non-hydrogen) atoms. The molecule has 0 rings (SSSR count). The Kier molecular flexibility index (Phi) is 3.73. The van der Waals surface area contributed by atoms with Gasteiger partial charge in [0.05, 0.1) is 0 Å². The second-order valence-corrected chi connectivity index (χ2v) is 5.45. The van der Waals surface area contributed by atoms with Gasteiger partial charge in [0.25, 0.3) is 0 Å². The molecule has 0 heterocycles. The third-order valence-corrected chi connectivity index (χ3v) is 1.99. The first-order chi connectivity index (χ1) is 5.13. The van der Waals surface area contributed by atoms with E-state index in [-0.39, 0.29) is 11.1 Å². The number of hydrogen-bond donors (Lipinski definition) is 1. The molecule has 0 spiro atoms. The summed E-state index contributed by atoms with van der Waals surface area (Å²) < 4.78 is 0. The Morgan fingerprint density at radius 3 is 1.67 bits per heavy atom. The highest BCUT2D eigenvalue weighted by molar-refractivity contribution is 4.75. The smallest absolute Gasteiger partial charge is 0.0486 e. The first kappa shape index (κ1) is 11.9. The van der Waals surface area contributed by atoms with Gasteiger partial charge in [-0.25, -0.2) is 0 Å². The summed E-state index contributed by atoms with van der Waals surface area (Å²) in [5, 5.41) is 3.45. The summed E-state index contributed by atoms with van der Waals surface area (Å²) in [7, 11) is 2.14. The molecule has 0 saturated carbocycles. The van der Waals surface area contributed by atoms with Crippen molar-refractivity contribution in [2.45, 2.75) is 52.6 Å². The molecule has 2 nitrogen and oxygen atoms in total. The predicted molar refractivity (Wildman–Crippen MR) is 55.3 cm³/mol. The topological polar surface area (TPSA) is 15.3 Å². The van der Waals surface area contributed by atoms with Crippen LogP contribution in [0.3, 0.4) is 0 Å². The molecule has 0 saturated heterocycles. The van der Waals surface area contributed by atoms with Crippen molar-refractivity contribution in [2.24, 2.45) is 0 Å². The normalized spacial score (nSPS) is 14.0. The zero-order valence-electron chi connectivity index (χ0n) is 9.65. The molecule has 0 amide bonds. The highest BCUT2D eigenvalue weighted by atomic mass is 15.3. The third kappa shape index (κ3) is 5.56. The Balaban J connectivity index is 3.80. The Bertz CT molecular complexity index is 128. The van der Waals surface area contributed by atoms with E-state index in [0.29, 0.717) is 0 Å². The van der Waals surface area contributed by atoms with Gasteiger partial charge in [-0.1, -0.05) is 0 Å². The highest BCUT2D eigenvalue weighted by Crippen LogP contribution is 2.09. The molecule has 0 aromatic rings. The van der Waals surface area contributed by atoms with E-state index < -0.39 is 0 Å². The van der Waals surface area contributed by atoms with Gasteiger partial charge in [-0.2, -0.15) is 0 Å². The van der Waals surface area contributed by atoms with E-state index >= 15 is 0 Å². The van der Waals surface area contributed by atoms with Crippen LogP contribution < -0.4 is 5.32 Å². The molecule has 0 aromatic heterocycles. The minimum Gasteiger partial charge on any atom is -0.300 e. The van der Waals surface area contributed by atoms with Gasteiger partial charge in [-0.05, 0) is 48.6 Å². The fourth-order valence-corrected chi connectivity index (χ4v) is 0.593. The first-order valence-corrected chi connectivity index (χ1v) is 4.59. The van der Waals surface area contributed by atoms with Crippen molar-refractivity contribution in [2.75, 3.05) is 13.7 Å². The molecular weight excluding hydrogens is 148 g/mol. The quantitative estimate of drug-likeness (QED) is 0.641. The average Bonchev–Trinajstić information content (AvgIpc) is 1.78. The lowest BCUT2D eigenvalue weighted by molar-refractivity contribution is 0.146. The van der Waals surface area contributed by atoms with Crippen LogP contribution in [-0.4, -0.2) is 29.7 Å². The summed E-state index contributed by atoms with van der Waals surface area (Å²) >= 11 is 0. The lowest BCUT2D eigenvalue weighted by Crippen LogP contribution is -2.49. The molecule has 0 fully saturated rings. The van der Waals surface area contributed by atoms with Gasteiger partial charge >= 0.3 is 0 Å². The van der Waals surface area contributed by atoms with Gasteiger partial charge < -0.3 is 0 Å². The molecule has 2 heteroatoms. The van der Waals surface area contributed by atoms with Crippen LogP contribution >= 0.6 is 0 Å². The molecule has 74 valence electrons. The van der Waals surface area contributed by atoms with Crippen molar-refractivity contribution in [3.8, 4) is 0 Å². The molecule has 0 bridgehead atoms. The van der Waals surface area contributed by atoms with Crippen molar-refractivity contribution in [1.82, 2.24) is 10.2 Å². The number of nitrogens with one attached hydrogen (secondary N) is 1. The van der Waals surface area contributed by atoms with Crippen molar-refractivity contribution in [1.29, 1.82) is 0 Å². The van der Waals surface area contributed by atoms with Gasteiger partial charge in [0, 0.05) is 17.7 Å². The number of hydrogen-bond acceptors (Lipinski definition) is 2. The maximum atomic E-state index is 3.45. The van der Waals surface area contributed by atoms with Gasteiger partial charge in [-0.3, -0.25) is 10.2 Å².